The van der Waals surface area contributed by atoms with Crippen LogP contribution in [0.5, 0.6) is 0 Å². The summed E-state index contributed by atoms with van der Waals surface area (Å²) in [4.78, 5) is 2.61. The van der Waals surface area contributed by atoms with E-state index < -0.39 is 0 Å². The predicted octanol–water partition coefficient (Wildman–Crippen LogP) is 2.50. The fourth-order valence-electron chi connectivity index (χ4n) is 2.06. The predicted molar refractivity (Wildman–Crippen MR) is 67.2 cm³/mol. The molecule has 1 aliphatic heterocycles. The molecule has 1 rings (SSSR count). The van der Waals surface area contributed by atoms with Gasteiger partial charge in [-0.1, -0.05) is 33.6 Å². The third-order valence-corrected chi connectivity index (χ3v) is 2.96. The molecule has 0 bridgehead atoms. The molecule has 90 valence electrons. The van der Waals surface area contributed by atoms with Gasteiger partial charge >= 0.3 is 0 Å². The molecule has 0 aromatic heterocycles. The molecule has 1 heterocycles. The van der Waals surface area contributed by atoms with Crippen LogP contribution in [0.3, 0.4) is 0 Å². The molecule has 1 saturated heterocycles. The highest BCUT2D eigenvalue weighted by Crippen LogP contribution is 2.10. The van der Waals surface area contributed by atoms with Crippen LogP contribution in [0, 0.1) is 5.41 Å². The Morgan fingerprint density at radius 2 is 1.60 bits per heavy atom. The van der Waals surface area contributed by atoms with Crippen LogP contribution >= 0.6 is 0 Å². The summed E-state index contributed by atoms with van der Waals surface area (Å²) in [6, 6.07) is 0. The standard InChI is InChI=1S/C13H28N2/c1-13(2,3)12-14-8-11-15-9-6-4-5-7-10-15/h14H,4-12H2,1-3H3. The smallest absolute Gasteiger partial charge is 0.0107 e. The Hall–Kier alpha value is -0.0800. The van der Waals surface area contributed by atoms with E-state index in [1.54, 1.807) is 0 Å². The van der Waals surface area contributed by atoms with Crippen molar-refractivity contribution < 1.29 is 0 Å². The zero-order chi connectivity index (χ0) is 11.1. The third-order valence-electron chi connectivity index (χ3n) is 2.96. The normalized spacial score (nSPS) is 20.2. The van der Waals surface area contributed by atoms with E-state index in [1.807, 2.05) is 0 Å². The Bertz CT molecular complexity index is 152. The van der Waals surface area contributed by atoms with Crippen molar-refractivity contribution in [1.82, 2.24) is 10.2 Å². The highest BCUT2D eigenvalue weighted by molar-refractivity contribution is 4.68. The molecular formula is C13H28N2. The van der Waals surface area contributed by atoms with Crippen LogP contribution in [0.1, 0.15) is 46.5 Å². The van der Waals surface area contributed by atoms with E-state index in [-0.39, 0.29) is 0 Å². The van der Waals surface area contributed by atoms with Crippen LogP contribution in [0.4, 0.5) is 0 Å². The van der Waals surface area contributed by atoms with E-state index in [1.165, 1.54) is 45.3 Å². The van der Waals surface area contributed by atoms with Crippen LogP contribution in [0.15, 0.2) is 0 Å². The second-order valence-electron chi connectivity index (χ2n) is 5.99. The quantitative estimate of drug-likeness (QED) is 0.720. The Morgan fingerprint density at radius 3 is 2.13 bits per heavy atom. The monoisotopic (exact) mass is 212 g/mol. The number of likely N-dealkylation sites (tertiary alicyclic amines) is 1. The molecule has 0 atom stereocenters. The van der Waals surface area contributed by atoms with Crippen LogP contribution in [-0.2, 0) is 0 Å². The maximum Gasteiger partial charge on any atom is 0.0107 e. The summed E-state index contributed by atoms with van der Waals surface area (Å²) in [7, 11) is 0. The first-order valence-electron chi connectivity index (χ1n) is 6.51. The average molecular weight is 212 g/mol. The first kappa shape index (κ1) is 13.0. The zero-order valence-electron chi connectivity index (χ0n) is 10.8. The lowest BCUT2D eigenvalue weighted by Crippen LogP contribution is -2.36. The number of rotatable bonds is 4. The largest absolute Gasteiger partial charge is 0.315 e. The van der Waals surface area contributed by atoms with E-state index in [2.05, 4.69) is 31.0 Å². The number of hydrogen-bond acceptors (Lipinski definition) is 2. The van der Waals surface area contributed by atoms with Crippen molar-refractivity contribution in [1.29, 1.82) is 0 Å². The molecule has 0 saturated carbocycles. The van der Waals surface area contributed by atoms with E-state index in [4.69, 9.17) is 0 Å². The summed E-state index contributed by atoms with van der Waals surface area (Å²) in [6.07, 6.45) is 5.68. The zero-order valence-corrected chi connectivity index (χ0v) is 10.8. The van der Waals surface area contributed by atoms with Crippen LogP contribution in [-0.4, -0.2) is 37.6 Å². The summed E-state index contributed by atoms with van der Waals surface area (Å²) in [6.45, 7) is 13.0. The SMILES string of the molecule is CC(C)(C)CNCCN1CCCCCC1. The van der Waals surface area contributed by atoms with Gasteiger partial charge in [0.05, 0.1) is 0 Å². The molecule has 0 aromatic carbocycles. The lowest BCUT2D eigenvalue weighted by Gasteiger charge is -2.22. The van der Waals surface area contributed by atoms with Gasteiger partial charge in [-0.05, 0) is 31.3 Å². The van der Waals surface area contributed by atoms with Crippen molar-refractivity contribution in [2.24, 2.45) is 5.41 Å². The molecule has 1 fully saturated rings. The van der Waals surface area contributed by atoms with E-state index in [9.17, 15) is 0 Å². The molecule has 0 radical (unpaired) electrons. The van der Waals surface area contributed by atoms with Gasteiger partial charge in [0, 0.05) is 19.6 Å². The summed E-state index contributed by atoms with van der Waals surface area (Å²) < 4.78 is 0. The lowest BCUT2D eigenvalue weighted by molar-refractivity contribution is 0.275. The summed E-state index contributed by atoms with van der Waals surface area (Å²) in [5, 5.41) is 3.55. The Kier molecular flexibility index (Phi) is 5.62. The fourth-order valence-corrected chi connectivity index (χ4v) is 2.06. The molecule has 0 amide bonds. The molecule has 2 nitrogen and oxygen atoms in total. The summed E-state index contributed by atoms with van der Waals surface area (Å²) >= 11 is 0. The Morgan fingerprint density at radius 1 is 1.00 bits per heavy atom. The van der Waals surface area contributed by atoms with Gasteiger partial charge in [-0.2, -0.15) is 0 Å². The van der Waals surface area contributed by atoms with E-state index in [0.29, 0.717) is 5.41 Å². The minimum Gasteiger partial charge on any atom is -0.315 e. The lowest BCUT2D eigenvalue weighted by atomic mass is 9.97. The van der Waals surface area contributed by atoms with Crippen molar-refractivity contribution in [3.63, 3.8) is 0 Å². The van der Waals surface area contributed by atoms with Gasteiger partial charge < -0.3 is 10.2 Å². The van der Waals surface area contributed by atoms with Crippen LogP contribution in [0.25, 0.3) is 0 Å². The molecule has 0 unspecified atom stereocenters. The minimum atomic E-state index is 0.415. The maximum atomic E-state index is 3.55. The highest BCUT2D eigenvalue weighted by Gasteiger charge is 2.10. The molecular weight excluding hydrogens is 184 g/mol. The summed E-state index contributed by atoms with van der Waals surface area (Å²) in [5.74, 6) is 0. The van der Waals surface area contributed by atoms with Gasteiger partial charge in [-0.25, -0.2) is 0 Å². The van der Waals surface area contributed by atoms with E-state index >= 15 is 0 Å². The average Bonchev–Trinajstić information content (AvgIpc) is 2.39. The van der Waals surface area contributed by atoms with E-state index in [0.717, 1.165) is 13.1 Å². The topological polar surface area (TPSA) is 15.3 Å². The van der Waals surface area contributed by atoms with Crippen molar-refractivity contribution >= 4 is 0 Å². The molecule has 2 heteroatoms. The highest BCUT2D eigenvalue weighted by atomic mass is 15.1. The second kappa shape index (κ2) is 6.49. The fraction of sp³-hybridized carbons (Fsp3) is 1.00. The summed E-state index contributed by atoms with van der Waals surface area (Å²) in [5.41, 5.74) is 0.415. The number of hydrogen-bond donors (Lipinski definition) is 1. The van der Waals surface area contributed by atoms with Gasteiger partial charge in [0.2, 0.25) is 0 Å². The van der Waals surface area contributed by atoms with Crippen molar-refractivity contribution in [3.05, 3.63) is 0 Å². The minimum absolute atomic E-state index is 0.415. The Labute approximate surface area is 95.4 Å². The number of nitrogens with zero attached hydrogens (tertiary/aromatic N) is 1. The first-order valence-corrected chi connectivity index (χ1v) is 6.51. The second-order valence-corrected chi connectivity index (χ2v) is 5.99. The van der Waals surface area contributed by atoms with Crippen LogP contribution < -0.4 is 5.32 Å². The van der Waals surface area contributed by atoms with Gasteiger partial charge in [0.25, 0.3) is 0 Å². The molecule has 0 spiro atoms. The number of nitrogens with one attached hydrogen (secondary N) is 1. The molecule has 15 heavy (non-hydrogen) atoms. The Balaban J connectivity index is 2.03. The van der Waals surface area contributed by atoms with Crippen LogP contribution in [0.2, 0.25) is 0 Å². The maximum absolute atomic E-state index is 3.55. The molecule has 0 aliphatic carbocycles. The van der Waals surface area contributed by atoms with Crippen molar-refractivity contribution in [2.45, 2.75) is 46.5 Å². The van der Waals surface area contributed by atoms with Crippen molar-refractivity contribution in [2.75, 3.05) is 32.7 Å². The first-order chi connectivity index (χ1) is 7.08. The molecule has 1 aliphatic rings. The third kappa shape index (κ3) is 6.91. The van der Waals surface area contributed by atoms with Gasteiger partial charge in [0.15, 0.2) is 0 Å². The van der Waals surface area contributed by atoms with Crippen molar-refractivity contribution in [3.8, 4) is 0 Å². The van der Waals surface area contributed by atoms with Gasteiger partial charge in [-0.3, -0.25) is 0 Å². The van der Waals surface area contributed by atoms with Gasteiger partial charge in [-0.15, -0.1) is 0 Å². The molecule has 1 N–H and O–H groups in total. The molecule has 0 aromatic rings. The van der Waals surface area contributed by atoms with Gasteiger partial charge in [0.1, 0.15) is 0 Å².